The van der Waals surface area contributed by atoms with Gasteiger partial charge in [0.25, 0.3) is 0 Å². The highest BCUT2D eigenvalue weighted by atomic mass is 19.1. The van der Waals surface area contributed by atoms with Crippen molar-refractivity contribution in [2.75, 3.05) is 5.73 Å². The number of nitrogens with two attached hydrogens (primary N) is 1. The SMILES string of the molecule is Nc1cccc(F)c1COc1ccn(O)n1. The minimum atomic E-state index is -0.427. The second-order valence-electron chi connectivity index (χ2n) is 3.17. The van der Waals surface area contributed by atoms with Gasteiger partial charge in [-0.3, -0.25) is 0 Å². The van der Waals surface area contributed by atoms with Crippen molar-refractivity contribution in [2.45, 2.75) is 6.61 Å². The number of aromatic nitrogens is 2. The summed E-state index contributed by atoms with van der Waals surface area (Å²) in [7, 11) is 0. The summed E-state index contributed by atoms with van der Waals surface area (Å²) in [5.41, 5.74) is 6.19. The number of nitrogen functional groups attached to an aromatic ring is 1. The third-order valence-electron chi connectivity index (χ3n) is 2.07. The number of benzene rings is 1. The Morgan fingerprint density at radius 2 is 2.25 bits per heavy atom. The molecular formula is C10H10FN3O2. The van der Waals surface area contributed by atoms with Crippen LogP contribution >= 0.6 is 0 Å². The van der Waals surface area contributed by atoms with Gasteiger partial charge in [-0.2, -0.15) is 0 Å². The zero-order chi connectivity index (χ0) is 11.5. The number of ether oxygens (including phenoxy) is 1. The standard InChI is InChI=1S/C10H10FN3O2/c11-8-2-1-3-9(12)7(8)6-16-10-4-5-14(15)13-10/h1-5,15H,6,12H2. The van der Waals surface area contributed by atoms with Gasteiger partial charge in [-0.25, -0.2) is 4.39 Å². The van der Waals surface area contributed by atoms with Gasteiger partial charge in [-0.15, -0.1) is 4.85 Å². The largest absolute Gasteiger partial charge is 0.471 e. The molecular weight excluding hydrogens is 213 g/mol. The van der Waals surface area contributed by atoms with Crippen LogP contribution < -0.4 is 10.5 Å². The van der Waals surface area contributed by atoms with E-state index in [2.05, 4.69) is 5.10 Å². The lowest BCUT2D eigenvalue weighted by molar-refractivity contribution is 0.141. The molecule has 16 heavy (non-hydrogen) atoms. The minimum Gasteiger partial charge on any atom is -0.471 e. The zero-order valence-electron chi connectivity index (χ0n) is 8.30. The van der Waals surface area contributed by atoms with E-state index in [9.17, 15) is 4.39 Å². The first kappa shape index (κ1) is 10.3. The van der Waals surface area contributed by atoms with Crippen LogP contribution in [0.15, 0.2) is 30.5 Å². The summed E-state index contributed by atoms with van der Waals surface area (Å²) in [5, 5.41) is 12.5. The van der Waals surface area contributed by atoms with Crippen molar-refractivity contribution in [3.05, 3.63) is 41.8 Å². The quantitative estimate of drug-likeness (QED) is 0.609. The molecule has 3 N–H and O–H groups in total. The van der Waals surface area contributed by atoms with E-state index in [0.717, 1.165) is 0 Å². The number of anilines is 1. The van der Waals surface area contributed by atoms with Crippen LogP contribution in [0.2, 0.25) is 0 Å². The maximum absolute atomic E-state index is 13.3. The molecule has 0 saturated heterocycles. The van der Waals surface area contributed by atoms with Crippen LogP contribution in [0.5, 0.6) is 5.88 Å². The Bertz CT molecular complexity index is 478. The summed E-state index contributed by atoms with van der Waals surface area (Å²) in [4.78, 5) is 0.611. The first-order valence-electron chi connectivity index (χ1n) is 4.57. The Balaban J connectivity index is 2.10. The van der Waals surface area contributed by atoms with E-state index in [1.54, 1.807) is 6.07 Å². The van der Waals surface area contributed by atoms with Crippen molar-refractivity contribution in [1.29, 1.82) is 0 Å². The predicted octanol–water partition coefficient (Wildman–Crippen LogP) is 1.42. The molecule has 84 valence electrons. The lowest BCUT2D eigenvalue weighted by atomic mass is 10.2. The van der Waals surface area contributed by atoms with Crippen molar-refractivity contribution in [3.8, 4) is 5.88 Å². The maximum Gasteiger partial charge on any atom is 0.236 e. The molecule has 0 spiro atoms. The number of nitrogens with zero attached hydrogens (tertiary/aromatic N) is 2. The Hall–Kier alpha value is -2.24. The molecule has 2 aromatic rings. The molecule has 0 saturated carbocycles. The van der Waals surface area contributed by atoms with E-state index < -0.39 is 5.82 Å². The van der Waals surface area contributed by atoms with Crippen molar-refractivity contribution >= 4 is 5.69 Å². The van der Waals surface area contributed by atoms with Crippen molar-refractivity contribution in [1.82, 2.24) is 9.94 Å². The summed E-state index contributed by atoms with van der Waals surface area (Å²) in [5.74, 6) is -0.228. The van der Waals surface area contributed by atoms with Crippen LogP contribution in [0.4, 0.5) is 10.1 Å². The summed E-state index contributed by atoms with van der Waals surface area (Å²) < 4.78 is 18.5. The van der Waals surface area contributed by atoms with E-state index in [-0.39, 0.29) is 18.1 Å². The fourth-order valence-corrected chi connectivity index (χ4v) is 1.25. The number of rotatable bonds is 3. The molecule has 0 unspecified atom stereocenters. The Labute approximate surface area is 90.8 Å². The molecule has 0 fully saturated rings. The molecule has 1 heterocycles. The zero-order valence-corrected chi connectivity index (χ0v) is 8.30. The van der Waals surface area contributed by atoms with E-state index >= 15 is 0 Å². The molecule has 1 aromatic carbocycles. The average Bonchev–Trinajstić information content (AvgIpc) is 2.63. The van der Waals surface area contributed by atoms with Gasteiger partial charge in [0.1, 0.15) is 12.4 Å². The van der Waals surface area contributed by atoms with Gasteiger partial charge in [0.2, 0.25) is 5.88 Å². The van der Waals surface area contributed by atoms with Gasteiger partial charge < -0.3 is 15.7 Å². The molecule has 0 aliphatic carbocycles. The molecule has 0 amide bonds. The molecule has 0 aliphatic rings. The summed E-state index contributed by atoms with van der Waals surface area (Å²) >= 11 is 0. The lowest BCUT2D eigenvalue weighted by Crippen LogP contribution is -2.03. The van der Waals surface area contributed by atoms with E-state index in [4.69, 9.17) is 15.7 Å². The van der Waals surface area contributed by atoms with Crippen LogP contribution in [0.3, 0.4) is 0 Å². The molecule has 0 radical (unpaired) electrons. The second-order valence-corrected chi connectivity index (χ2v) is 3.17. The summed E-state index contributed by atoms with van der Waals surface area (Å²) in [6, 6.07) is 5.87. The van der Waals surface area contributed by atoms with Crippen molar-refractivity contribution in [3.63, 3.8) is 0 Å². The number of halogens is 1. The van der Waals surface area contributed by atoms with Crippen molar-refractivity contribution in [2.24, 2.45) is 0 Å². The summed E-state index contributed by atoms with van der Waals surface area (Å²) in [6.07, 6.45) is 1.31. The Morgan fingerprint density at radius 1 is 1.44 bits per heavy atom. The van der Waals surface area contributed by atoms with Gasteiger partial charge in [-0.05, 0) is 12.1 Å². The molecule has 0 atom stereocenters. The first-order chi connectivity index (χ1) is 7.66. The van der Waals surface area contributed by atoms with Crippen molar-refractivity contribution < 1.29 is 14.3 Å². The van der Waals surface area contributed by atoms with Gasteiger partial charge in [0.15, 0.2) is 0 Å². The van der Waals surface area contributed by atoms with Gasteiger partial charge in [-0.1, -0.05) is 11.2 Å². The monoisotopic (exact) mass is 223 g/mol. The topological polar surface area (TPSA) is 73.3 Å². The van der Waals surface area contributed by atoms with Crippen LogP contribution in [0.25, 0.3) is 0 Å². The van der Waals surface area contributed by atoms with Crippen LogP contribution in [0.1, 0.15) is 5.56 Å². The van der Waals surface area contributed by atoms with Gasteiger partial charge in [0.05, 0.1) is 6.20 Å². The highest BCUT2D eigenvalue weighted by Gasteiger charge is 2.07. The molecule has 2 rings (SSSR count). The predicted molar refractivity (Wildman–Crippen MR) is 54.6 cm³/mol. The minimum absolute atomic E-state index is 0.0322. The van der Waals surface area contributed by atoms with Gasteiger partial charge in [0, 0.05) is 17.3 Å². The fourth-order valence-electron chi connectivity index (χ4n) is 1.25. The average molecular weight is 223 g/mol. The summed E-state index contributed by atoms with van der Waals surface area (Å²) in [6.45, 7) is -0.0322. The normalized spacial score (nSPS) is 10.3. The van der Waals surface area contributed by atoms with Crippen LogP contribution in [-0.2, 0) is 6.61 Å². The number of hydrogen-bond acceptors (Lipinski definition) is 4. The Kier molecular flexibility index (Phi) is 2.63. The second kappa shape index (κ2) is 4.09. The lowest BCUT2D eigenvalue weighted by Gasteiger charge is -2.06. The van der Waals surface area contributed by atoms with Gasteiger partial charge >= 0.3 is 0 Å². The van der Waals surface area contributed by atoms with E-state index in [1.807, 2.05) is 0 Å². The maximum atomic E-state index is 13.3. The molecule has 6 heteroatoms. The third kappa shape index (κ3) is 2.05. The molecule has 0 bridgehead atoms. The third-order valence-corrected chi connectivity index (χ3v) is 2.07. The first-order valence-corrected chi connectivity index (χ1v) is 4.57. The fraction of sp³-hybridized carbons (Fsp3) is 0.100. The smallest absolute Gasteiger partial charge is 0.236 e. The van der Waals surface area contributed by atoms with Crippen LogP contribution in [-0.4, -0.2) is 15.2 Å². The van der Waals surface area contributed by atoms with Crippen LogP contribution in [0, 0.1) is 5.82 Å². The molecule has 0 aliphatic heterocycles. The Morgan fingerprint density at radius 3 is 2.88 bits per heavy atom. The van der Waals surface area contributed by atoms with E-state index in [1.165, 1.54) is 24.4 Å². The highest BCUT2D eigenvalue weighted by molar-refractivity contribution is 5.46. The van der Waals surface area contributed by atoms with E-state index in [0.29, 0.717) is 10.5 Å². The molecule has 1 aromatic heterocycles. The molecule has 5 nitrogen and oxygen atoms in total. The number of hydrogen-bond donors (Lipinski definition) is 2. The highest BCUT2D eigenvalue weighted by Crippen LogP contribution is 2.17.